The smallest absolute Gasteiger partial charge is 0.370 e. The van der Waals surface area contributed by atoms with E-state index >= 15 is 0 Å². The van der Waals surface area contributed by atoms with Gasteiger partial charge >= 0.3 is 6.18 Å². The van der Waals surface area contributed by atoms with E-state index in [0.717, 1.165) is 18.7 Å². The Morgan fingerprint density at radius 1 is 1.08 bits per heavy atom. The fraction of sp³-hybridized carbons (Fsp3) is 0.353. The lowest BCUT2D eigenvalue weighted by atomic mass is 10.1. The Morgan fingerprint density at radius 3 is 2.42 bits per heavy atom. The van der Waals surface area contributed by atoms with Crippen molar-refractivity contribution in [3.8, 4) is 0 Å². The number of nitrogens with zero attached hydrogens (tertiary/aromatic N) is 2. The van der Waals surface area contributed by atoms with Crippen LogP contribution in [0.5, 0.6) is 0 Å². The van der Waals surface area contributed by atoms with Crippen molar-refractivity contribution in [3.05, 3.63) is 47.3 Å². The second kappa shape index (κ2) is 8.50. The van der Waals surface area contributed by atoms with Crippen molar-refractivity contribution in [3.63, 3.8) is 0 Å². The van der Waals surface area contributed by atoms with Crippen LogP contribution < -0.4 is 16.0 Å². The van der Waals surface area contributed by atoms with E-state index in [4.69, 9.17) is 0 Å². The average molecular weight is 367 g/mol. The minimum Gasteiger partial charge on any atom is -0.370 e. The van der Waals surface area contributed by atoms with E-state index in [2.05, 4.69) is 25.9 Å². The summed E-state index contributed by atoms with van der Waals surface area (Å²) in [6, 6.07) is 6.05. The summed E-state index contributed by atoms with van der Waals surface area (Å²) in [6.07, 6.45) is -4.48. The number of hydrogen-bond acceptors (Lipinski definition) is 5. The number of alkyl halides is 3. The van der Waals surface area contributed by atoms with Gasteiger partial charge in [0.05, 0.1) is 5.56 Å². The lowest BCUT2D eigenvalue weighted by molar-refractivity contribution is -0.137. The van der Waals surface area contributed by atoms with Crippen LogP contribution in [0.15, 0.2) is 30.3 Å². The second-order valence-corrected chi connectivity index (χ2v) is 5.48. The Labute approximate surface area is 149 Å². The zero-order chi connectivity index (χ0) is 19.2. The molecule has 0 saturated heterocycles. The summed E-state index contributed by atoms with van der Waals surface area (Å²) in [5, 5.41) is 8.70. The molecule has 6 nitrogen and oxygen atoms in total. The molecule has 0 bridgehead atoms. The standard InChI is InChI=1S/C17H20F3N5O/c1-3-21-14-10-15(25-11(2)24-14)22-7-8-23-16(26)12-5-4-6-13(9-12)17(18,19)20/h4-6,9-10H,3,7-8H2,1-2H3,(H,23,26)(H2,21,22,24,25). The number of benzene rings is 1. The second-order valence-electron chi connectivity index (χ2n) is 5.48. The maximum absolute atomic E-state index is 12.7. The monoisotopic (exact) mass is 367 g/mol. The molecule has 0 saturated carbocycles. The van der Waals surface area contributed by atoms with E-state index in [9.17, 15) is 18.0 Å². The van der Waals surface area contributed by atoms with E-state index in [1.54, 1.807) is 13.0 Å². The molecule has 2 aromatic rings. The highest BCUT2D eigenvalue weighted by Gasteiger charge is 2.30. The first-order valence-electron chi connectivity index (χ1n) is 8.08. The summed E-state index contributed by atoms with van der Waals surface area (Å²) < 4.78 is 38.1. The fourth-order valence-corrected chi connectivity index (χ4v) is 2.24. The molecule has 0 radical (unpaired) electrons. The molecule has 140 valence electrons. The third-order valence-corrected chi connectivity index (χ3v) is 3.36. The molecule has 0 aliphatic rings. The Balaban J connectivity index is 1.87. The van der Waals surface area contributed by atoms with Crippen LogP contribution in [0, 0.1) is 6.92 Å². The lowest BCUT2D eigenvalue weighted by Crippen LogP contribution is -2.29. The number of halogens is 3. The van der Waals surface area contributed by atoms with Crippen LogP contribution in [-0.4, -0.2) is 35.5 Å². The zero-order valence-electron chi connectivity index (χ0n) is 14.4. The normalized spacial score (nSPS) is 11.1. The van der Waals surface area contributed by atoms with Crippen molar-refractivity contribution in [2.45, 2.75) is 20.0 Å². The van der Waals surface area contributed by atoms with E-state index in [0.29, 0.717) is 24.0 Å². The molecule has 3 N–H and O–H groups in total. The first-order chi connectivity index (χ1) is 12.3. The molecule has 1 amide bonds. The lowest BCUT2D eigenvalue weighted by Gasteiger charge is -2.11. The molecule has 26 heavy (non-hydrogen) atoms. The number of nitrogens with one attached hydrogen (secondary N) is 3. The molecule has 1 aromatic carbocycles. The number of amides is 1. The molecule has 0 atom stereocenters. The van der Waals surface area contributed by atoms with Gasteiger partial charge in [-0.25, -0.2) is 9.97 Å². The summed E-state index contributed by atoms with van der Waals surface area (Å²) in [5.41, 5.74) is -0.886. The summed E-state index contributed by atoms with van der Waals surface area (Å²) >= 11 is 0. The Morgan fingerprint density at radius 2 is 1.77 bits per heavy atom. The molecule has 0 aliphatic heterocycles. The van der Waals surface area contributed by atoms with Gasteiger partial charge in [-0.1, -0.05) is 6.07 Å². The summed E-state index contributed by atoms with van der Waals surface area (Å²) in [7, 11) is 0. The summed E-state index contributed by atoms with van der Waals surface area (Å²) in [4.78, 5) is 20.4. The van der Waals surface area contributed by atoms with E-state index < -0.39 is 17.6 Å². The van der Waals surface area contributed by atoms with Crippen LogP contribution in [0.3, 0.4) is 0 Å². The maximum Gasteiger partial charge on any atom is 0.416 e. The maximum atomic E-state index is 12.7. The molecule has 0 aliphatic carbocycles. The van der Waals surface area contributed by atoms with Gasteiger partial charge in [-0.05, 0) is 32.0 Å². The van der Waals surface area contributed by atoms with Crippen molar-refractivity contribution in [2.24, 2.45) is 0 Å². The van der Waals surface area contributed by atoms with E-state index in [-0.39, 0.29) is 12.1 Å². The summed E-state index contributed by atoms with van der Waals surface area (Å²) in [5.74, 6) is 1.32. The molecule has 2 rings (SSSR count). The summed E-state index contributed by atoms with van der Waals surface area (Å²) in [6.45, 7) is 5.04. The Kier molecular flexibility index (Phi) is 6.37. The van der Waals surface area contributed by atoms with E-state index in [1.165, 1.54) is 12.1 Å². The molecule has 0 unspecified atom stereocenters. The molecule has 9 heteroatoms. The van der Waals surface area contributed by atoms with Crippen LogP contribution in [0.4, 0.5) is 24.8 Å². The molecule has 1 heterocycles. The van der Waals surface area contributed by atoms with Crippen molar-refractivity contribution in [2.75, 3.05) is 30.3 Å². The SMILES string of the molecule is CCNc1cc(NCCNC(=O)c2cccc(C(F)(F)F)c2)nc(C)n1. The number of carbonyl (C=O) groups excluding carboxylic acids is 1. The highest BCUT2D eigenvalue weighted by molar-refractivity contribution is 5.94. The minimum atomic E-state index is -4.48. The fourth-order valence-electron chi connectivity index (χ4n) is 2.24. The first kappa shape index (κ1) is 19.5. The van der Waals surface area contributed by atoms with Gasteiger partial charge in [-0.2, -0.15) is 13.2 Å². The van der Waals surface area contributed by atoms with Crippen LogP contribution in [0.25, 0.3) is 0 Å². The number of rotatable bonds is 7. The predicted molar refractivity (Wildman–Crippen MR) is 93.2 cm³/mol. The number of anilines is 2. The average Bonchev–Trinajstić information content (AvgIpc) is 2.58. The van der Waals surface area contributed by atoms with Gasteiger partial charge in [0.25, 0.3) is 5.91 Å². The van der Waals surface area contributed by atoms with Gasteiger partial charge in [0.1, 0.15) is 17.5 Å². The highest BCUT2D eigenvalue weighted by Crippen LogP contribution is 2.29. The number of carbonyl (C=O) groups is 1. The van der Waals surface area contributed by atoms with Crippen molar-refractivity contribution < 1.29 is 18.0 Å². The third kappa shape index (κ3) is 5.61. The predicted octanol–water partition coefficient (Wildman–Crippen LogP) is 3.08. The first-order valence-corrected chi connectivity index (χ1v) is 8.08. The van der Waals surface area contributed by atoms with Gasteiger partial charge in [-0.15, -0.1) is 0 Å². The molecule has 0 spiro atoms. The highest BCUT2D eigenvalue weighted by atomic mass is 19.4. The van der Waals surface area contributed by atoms with Gasteiger partial charge in [0, 0.05) is 31.3 Å². The van der Waals surface area contributed by atoms with Gasteiger partial charge in [-0.3, -0.25) is 4.79 Å². The number of hydrogen-bond donors (Lipinski definition) is 3. The van der Waals surface area contributed by atoms with Crippen molar-refractivity contribution >= 4 is 17.5 Å². The number of aromatic nitrogens is 2. The molecule has 0 fully saturated rings. The third-order valence-electron chi connectivity index (χ3n) is 3.36. The van der Waals surface area contributed by atoms with Gasteiger partial charge in [0.2, 0.25) is 0 Å². The minimum absolute atomic E-state index is 0.0351. The van der Waals surface area contributed by atoms with Crippen LogP contribution in [0.1, 0.15) is 28.7 Å². The Bertz CT molecular complexity index is 764. The molecular formula is C17H20F3N5O. The van der Waals surface area contributed by atoms with E-state index in [1.807, 2.05) is 6.92 Å². The molecular weight excluding hydrogens is 347 g/mol. The van der Waals surface area contributed by atoms with Crippen LogP contribution in [-0.2, 0) is 6.18 Å². The van der Waals surface area contributed by atoms with Crippen molar-refractivity contribution in [1.29, 1.82) is 0 Å². The van der Waals surface area contributed by atoms with Crippen LogP contribution in [0.2, 0.25) is 0 Å². The largest absolute Gasteiger partial charge is 0.416 e. The topological polar surface area (TPSA) is 78.9 Å². The van der Waals surface area contributed by atoms with Gasteiger partial charge in [0.15, 0.2) is 0 Å². The quantitative estimate of drug-likeness (QED) is 0.656. The Hall–Kier alpha value is -2.84. The number of aryl methyl sites for hydroxylation is 1. The van der Waals surface area contributed by atoms with Gasteiger partial charge < -0.3 is 16.0 Å². The van der Waals surface area contributed by atoms with Crippen LogP contribution >= 0.6 is 0 Å². The molecule has 1 aromatic heterocycles. The zero-order valence-corrected chi connectivity index (χ0v) is 14.4. The van der Waals surface area contributed by atoms with Crippen molar-refractivity contribution in [1.82, 2.24) is 15.3 Å².